The Balaban J connectivity index is 1.66. The molecule has 0 radical (unpaired) electrons. The van der Waals surface area contributed by atoms with Crippen LogP contribution < -0.4 is 21.5 Å². The summed E-state index contributed by atoms with van der Waals surface area (Å²) in [7, 11) is 1.27. The minimum atomic E-state index is -0.590. The Morgan fingerprint density at radius 1 is 1.06 bits per heavy atom. The molecule has 1 aromatic heterocycles. The Hall–Kier alpha value is -3.92. The summed E-state index contributed by atoms with van der Waals surface area (Å²) in [5.74, 6) is -1.11. The number of nitrogens with zero attached hydrogens (tertiary/aromatic N) is 3. The van der Waals surface area contributed by atoms with E-state index in [1.165, 1.54) is 11.7 Å². The highest BCUT2D eigenvalue weighted by molar-refractivity contribution is 6.02. The summed E-state index contributed by atoms with van der Waals surface area (Å²) < 4.78 is 12.6. The van der Waals surface area contributed by atoms with Gasteiger partial charge in [0.1, 0.15) is 6.54 Å². The van der Waals surface area contributed by atoms with Gasteiger partial charge in [-0.05, 0) is 37.3 Å². The molecule has 2 aromatic carbocycles. The van der Waals surface area contributed by atoms with Crippen LogP contribution in [0.4, 0.5) is 11.4 Å². The summed E-state index contributed by atoms with van der Waals surface area (Å²) in [6, 6.07) is 11.8. The van der Waals surface area contributed by atoms with Crippen molar-refractivity contribution in [3.63, 3.8) is 0 Å². The van der Waals surface area contributed by atoms with Crippen LogP contribution in [0.5, 0.6) is 0 Å². The van der Waals surface area contributed by atoms with Crippen LogP contribution in [0.15, 0.2) is 52.1 Å². The molecule has 10 nitrogen and oxygen atoms in total. The first-order chi connectivity index (χ1) is 16.4. The average Bonchev–Trinajstić information content (AvgIpc) is 2.87. The van der Waals surface area contributed by atoms with Crippen LogP contribution in [0.3, 0.4) is 0 Å². The van der Waals surface area contributed by atoms with E-state index in [0.29, 0.717) is 37.2 Å². The van der Waals surface area contributed by atoms with Crippen molar-refractivity contribution in [1.82, 2.24) is 9.13 Å². The van der Waals surface area contributed by atoms with Gasteiger partial charge in [-0.15, -0.1) is 0 Å². The number of anilines is 2. The van der Waals surface area contributed by atoms with E-state index in [1.807, 2.05) is 6.07 Å². The molecule has 0 bridgehead atoms. The molecular formula is C24H26N4O6. The highest BCUT2D eigenvalue weighted by atomic mass is 16.5. The van der Waals surface area contributed by atoms with Crippen molar-refractivity contribution in [1.29, 1.82) is 0 Å². The number of ether oxygens (including phenoxy) is 2. The molecule has 0 unspecified atom stereocenters. The molecule has 2 heterocycles. The highest BCUT2D eigenvalue weighted by Gasteiger charge is 2.20. The quantitative estimate of drug-likeness (QED) is 0.547. The third-order valence-electron chi connectivity index (χ3n) is 5.81. The minimum Gasteiger partial charge on any atom is -0.465 e. The van der Waals surface area contributed by atoms with Crippen molar-refractivity contribution in [2.45, 2.75) is 20.0 Å². The van der Waals surface area contributed by atoms with E-state index in [9.17, 15) is 19.2 Å². The molecule has 4 rings (SSSR count). The maximum absolute atomic E-state index is 13.0. The van der Waals surface area contributed by atoms with Gasteiger partial charge in [0.2, 0.25) is 5.91 Å². The Kier molecular flexibility index (Phi) is 6.78. The zero-order chi connectivity index (χ0) is 24.2. The second kappa shape index (κ2) is 9.92. The van der Waals surface area contributed by atoms with Gasteiger partial charge in [0.15, 0.2) is 0 Å². The molecule has 0 aliphatic carbocycles. The zero-order valence-electron chi connectivity index (χ0n) is 19.1. The molecule has 0 saturated carbocycles. The second-order valence-corrected chi connectivity index (χ2v) is 7.80. The fourth-order valence-electron chi connectivity index (χ4n) is 4.07. The number of aromatic nitrogens is 2. The number of para-hydroxylation sites is 1. The summed E-state index contributed by atoms with van der Waals surface area (Å²) in [4.78, 5) is 53.0. The van der Waals surface area contributed by atoms with Gasteiger partial charge in [-0.1, -0.05) is 12.1 Å². The Morgan fingerprint density at radius 2 is 1.79 bits per heavy atom. The topological polar surface area (TPSA) is 112 Å². The van der Waals surface area contributed by atoms with E-state index in [1.54, 1.807) is 43.3 Å². The molecule has 34 heavy (non-hydrogen) atoms. The van der Waals surface area contributed by atoms with Crippen molar-refractivity contribution in [3.8, 4) is 0 Å². The first kappa shape index (κ1) is 23.2. The van der Waals surface area contributed by atoms with Gasteiger partial charge in [-0.25, -0.2) is 9.59 Å². The molecular weight excluding hydrogens is 440 g/mol. The van der Waals surface area contributed by atoms with Gasteiger partial charge in [0.25, 0.3) is 5.56 Å². The summed E-state index contributed by atoms with van der Waals surface area (Å²) in [6.07, 6.45) is 0. The standard InChI is InChI=1S/C24H26N4O6/c1-3-27-22(30)17-6-4-5-7-20(17)28(24(27)32)15-21(29)25-19-9-8-16(14-18(19)23(31)33-2)26-10-12-34-13-11-26/h4-9,14H,3,10-13,15H2,1-2H3,(H,25,29). The van der Waals surface area contributed by atoms with E-state index >= 15 is 0 Å². The summed E-state index contributed by atoms with van der Waals surface area (Å²) in [5.41, 5.74) is 0.696. The van der Waals surface area contributed by atoms with Gasteiger partial charge < -0.3 is 19.7 Å². The maximum Gasteiger partial charge on any atom is 0.340 e. The molecule has 0 spiro atoms. The van der Waals surface area contributed by atoms with Crippen molar-refractivity contribution >= 4 is 34.2 Å². The summed E-state index contributed by atoms with van der Waals surface area (Å²) in [6.45, 7) is 4.11. The number of amides is 1. The van der Waals surface area contributed by atoms with Crippen molar-refractivity contribution in [2.75, 3.05) is 43.6 Å². The van der Waals surface area contributed by atoms with E-state index in [2.05, 4.69) is 10.2 Å². The number of hydrogen-bond acceptors (Lipinski definition) is 7. The molecule has 0 atom stereocenters. The molecule has 1 aliphatic rings. The Morgan fingerprint density at radius 3 is 2.50 bits per heavy atom. The minimum absolute atomic E-state index is 0.180. The number of nitrogens with one attached hydrogen (secondary N) is 1. The predicted molar refractivity (Wildman–Crippen MR) is 128 cm³/mol. The lowest BCUT2D eigenvalue weighted by molar-refractivity contribution is -0.116. The lowest BCUT2D eigenvalue weighted by atomic mass is 10.1. The number of methoxy groups -OCH3 is 1. The van der Waals surface area contributed by atoms with Crippen LogP contribution in [-0.2, 0) is 27.4 Å². The Bertz CT molecular complexity index is 1350. The molecule has 1 fully saturated rings. The number of carbonyl (C=O) groups is 2. The highest BCUT2D eigenvalue weighted by Crippen LogP contribution is 2.25. The van der Waals surface area contributed by atoms with Crippen molar-refractivity contribution in [2.24, 2.45) is 0 Å². The second-order valence-electron chi connectivity index (χ2n) is 7.80. The van der Waals surface area contributed by atoms with Gasteiger partial charge in [0.05, 0.1) is 42.5 Å². The fraction of sp³-hybridized carbons (Fsp3) is 0.333. The van der Waals surface area contributed by atoms with E-state index < -0.39 is 23.1 Å². The SMILES string of the molecule is CCn1c(=O)c2ccccc2n(CC(=O)Nc2ccc(N3CCOCC3)cc2C(=O)OC)c1=O. The lowest BCUT2D eigenvalue weighted by Gasteiger charge is -2.29. The summed E-state index contributed by atoms with van der Waals surface area (Å²) >= 11 is 0. The Labute approximate surface area is 195 Å². The van der Waals surface area contributed by atoms with Crippen LogP contribution >= 0.6 is 0 Å². The molecule has 10 heteroatoms. The van der Waals surface area contributed by atoms with Crippen LogP contribution in [0.25, 0.3) is 10.9 Å². The number of morpholine rings is 1. The van der Waals surface area contributed by atoms with Gasteiger partial charge in [-0.2, -0.15) is 0 Å². The van der Waals surface area contributed by atoms with Crippen LogP contribution in [0, 0.1) is 0 Å². The first-order valence-electron chi connectivity index (χ1n) is 11.0. The third-order valence-corrected chi connectivity index (χ3v) is 5.81. The summed E-state index contributed by atoms with van der Waals surface area (Å²) in [5, 5.41) is 3.07. The average molecular weight is 466 g/mol. The molecule has 178 valence electrons. The van der Waals surface area contributed by atoms with E-state index in [0.717, 1.165) is 10.3 Å². The smallest absolute Gasteiger partial charge is 0.340 e. The van der Waals surface area contributed by atoms with Crippen molar-refractivity contribution < 1.29 is 19.1 Å². The number of carbonyl (C=O) groups excluding carboxylic acids is 2. The number of rotatable bonds is 6. The predicted octanol–water partition coefficient (Wildman–Crippen LogP) is 1.44. The molecule has 3 aromatic rings. The molecule has 1 N–H and O–H groups in total. The van der Waals surface area contributed by atoms with Crippen LogP contribution in [-0.4, -0.2) is 54.4 Å². The van der Waals surface area contributed by atoms with Gasteiger partial charge >= 0.3 is 11.7 Å². The molecule has 1 amide bonds. The maximum atomic E-state index is 13.0. The normalized spacial score (nSPS) is 13.6. The van der Waals surface area contributed by atoms with Gasteiger partial charge in [-0.3, -0.25) is 18.7 Å². The van der Waals surface area contributed by atoms with Gasteiger partial charge in [0, 0.05) is 25.3 Å². The number of benzene rings is 2. The molecule has 1 saturated heterocycles. The monoisotopic (exact) mass is 466 g/mol. The van der Waals surface area contributed by atoms with E-state index in [-0.39, 0.29) is 24.3 Å². The van der Waals surface area contributed by atoms with E-state index in [4.69, 9.17) is 9.47 Å². The van der Waals surface area contributed by atoms with Crippen molar-refractivity contribution in [3.05, 3.63) is 68.9 Å². The largest absolute Gasteiger partial charge is 0.465 e. The number of hydrogen-bond donors (Lipinski definition) is 1. The lowest BCUT2D eigenvalue weighted by Crippen LogP contribution is -2.41. The number of esters is 1. The van der Waals surface area contributed by atoms with Crippen LogP contribution in [0.2, 0.25) is 0 Å². The zero-order valence-corrected chi connectivity index (χ0v) is 19.1. The van der Waals surface area contributed by atoms with Crippen LogP contribution in [0.1, 0.15) is 17.3 Å². The first-order valence-corrected chi connectivity index (χ1v) is 11.0. The molecule has 1 aliphatic heterocycles. The third kappa shape index (κ3) is 4.44. The fourth-order valence-corrected chi connectivity index (χ4v) is 4.07. The number of fused-ring (bicyclic) bond motifs is 1.